The van der Waals surface area contributed by atoms with Gasteiger partial charge in [-0.2, -0.15) is 0 Å². The molecular weight excluding hydrogens is 335 g/mol. The van der Waals surface area contributed by atoms with Crippen LogP contribution in [-0.4, -0.2) is 29.8 Å². The predicted octanol–water partition coefficient (Wildman–Crippen LogP) is 2.80. The molecule has 0 radical (unpaired) electrons. The first-order valence-electron chi connectivity index (χ1n) is 7.99. The average Bonchev–Trinajstić information content (AvgIpc) is 2.63. The molecule has 26 heavy (non-hydrogen) atoms. The van der Waals surface area contributed by atoms with E-state index >= 15 is 0 Å². The van der Waals surface area contributed by atoms with E-state index < -0.39 is 11.4 Å². The molecule has 1 aliphatic rings. The monoisotopic (exact) mass is 352 g/mol. The van der Waals surface area contributed by atoms with Crippen molar-refractivity contribution >= 4 is 17.3 Å². The Morgan fingerprint density at radius 3 is 2.88 bits per heavy atom. The quantitative estimate of drug-likeness (QED) is 0.678. The Morgan fingerprint density at radius 1 is 1.42 bits per heavy atom. The van der Waals surface area contributed by atoms with Gasteiger partial charge in [0.2, 0.25) is 5.69 Å². The Morgan fingerprint density at radius 2 is 2.23 bits per heavy atom. The summed E-state index contributed by atoms with van der Waals surface area (Å²) in [6.07, 6.45) is 1.42. The molecule has 0 fully saturated rings. The first-order valence-corrected chi connectivity index (χ1v) is 7.99. The Kier molecular flexibility index (Phi) is 4.78. The first kappa shape index (κ1) is 17.7. The lowest BCUT2D eigenvalue weighted by Crippen LogP contribution is -2.38. The van der Waals surface area contributed by atoms with Gasteiger partial charge in [0.1, 0.15) is 29.5 Å². The lowest BCUT2D eigenvalue weighted by molar-refractivity contribution is 0.0987. The molecule has 0 saturated carbocycles. The van der Waals surface area contributed by atoms with Gasteiger partial charge in [-0.15, -0.1) is 0 Å². The predicted molar refractivity (Wildman–Crippen MR) is 94.7 cm³/mol. The van der Waals surface area contributed by atoms with E-state index in [-0.39, 0.29) is 31.1 Å². The Labute approximate surface area is 150 Å². The van der Waals surface area contributed by atoms with Gasteiger partial charge in [0.05, 0.1) is 13.2 Å². The summed E-state index contributed by atoms with van der Waals surface area (Å²) < 4.78 is 19.8. The van der Waals surface area contributed by atoms with E-state index in [0.717, 1.165) is 0 Å². The number of carbonyl (C=O) groups excluding carboxylic acids is 1. The number of carbonyl (C=O) groups is 1. The molecule has 0 saturated heterocycles. The number of benzene rings is 1. The van der Waals surface area contributed by atoms with Gasteiger partial charge >= 0.3 is 0 Å². The maximum Gasteiger partial charge on any atom is 0.205 e. The van der Waals surface area contributed by atoms with Crippen molar-refractivity contribution in [3.63, 3.8) is 0 Å². The van der Waals surface area contributed by atoms with Crippen molar-refractivity contribution in [3.05, 3.63) is 70.6 Å². The summed E-state index contributed by atoms with van der Waals surface area (Å²) in [5.41, 5.74) is 6.41. The Hall–Kier alpha value is -3.11. The summed E-state index contributed by atoms with van der Waals surface area (Å²) >= 11 is 0. The topological polar surface area (TPSA) is 81.9 Å². The van der Waals surface area contributed by atoms with Crippen molar-refractivity contribution in [2.75, 3.05) is 13.2 Å². The second-order valence-corrected chi connectivity index (χ2v) is 6.30. The van der Waals surface area contributed by atoms with Crippen LogP contribution in [0.5, 0.6) is 0 Å². The third-order valence-corrected chi connectivity index (χ3v) is 4.16. The summed E-state index contributed by atoms with van der Waals surface area (Å²) in [5.74, 6) is -0.332. The molecule has 1 aromatic heterocycles. The first-order chi connectivity index (χ1) is 12.4. The average molecular weight is 352 g/mol. The van der Waals surface area contributed by atoms with Gasteiger partial charge in [-0.1, -0.05) is 12.1 Å². The van der Waals surface area contributed by atoms with Crippen molar-refractivity contribution in [3.8, 4) is 0 Å². The van der Waals surface area contributed by atoms with Gasteiger partial charge in [-0.3, -0.25) is 14.8 Å². The molecule has 2 heterocycles. The maximum absolute atomic E-state index is 14.4. The van der Waals surface area contributed by atoms with Gasteiger partial charge in [0.15, 0.2) is 5.78 Å². The molecule has 0 aliphatic carbocycles. The minimum atomic E-state index is -0.930. The summed E-state index contributed by atoms with van der Waals surface area (Å²) in [7, 11) is 0. The van der Waals surface area contributed by atoms with Crippen molar-refractivity contribution in [1.82, 2.24) is 4.98 Å². The summed E-state index contributed by atoms with van der Waals surface area (Å²) in [5, 5.41) is 0. The normalized spacial score (nSPS) is 19.5. The van der Waals surface area contributed by atoms with Crippen LogP contribution in [0.4, 0.5) is 10.1 Å². The second kappa shape index (κ2) is 7.02. The van der Waals surface area contributed by atoms with Gasteiger partial charge in [0.25, 0.3) is 0 Å². The molecule has 2 N–H and O–H groups in total. The maximum atomic E-state index is 14.4. The van der Waals surface area contributed by atoms with Crippen LogP contribution in [0.1, 0.15) is 28.5 Å². The zero-order valence-corrected chi connectivity index (χ0v) is 14.2. The number of hydrogen-bond donors (Lipinski definition) is 1. The summed E-state index contributed by atoms with van der Waals surface area (Å²) in [4.78, 5) is 24.0. The number of Topliss-reactive ketones (excluding diaryl/α,β-unsaturated/α-hetero) is 1. The number of pyridine rings is 1. The number of ketones is 1. The van der Waals surface area contributed by atoms with Gasteiger partial charge in [-0.25, -0.2) is 9.24 Å². The highest BCUT2D eigenvalue weighted by Crippen LogP contribution is 2.31. The van der Waals surface area contributed by atoms with Crippen LogP contribution in [0.2, 0.25) is 0 Å². The fourth-order valence-corrected chi connectivity index (χ4v) is 2.86. The van der Waals surface area contributed by atoms with Crippen LogP contribution in [0.15, 0.2) is 41.5 Å². The largest absolute Gasteiger partial charge is 0.386 e. The molecule has 132 valence electrons. The number of hydrogen-bond acceptors (Lipinski definition) is 5. The number of halogens is 1. The van der Waals surface area contributed by atoms with E-state index in [9.17, 15) is 9.18 Å². The van der Waals surface area contributed by atoms with E-state index in [4.69, 9.17) is 17.0 Å². The van der Waals surface area contributed by atoms with Crippen LogP contribution < -0.4 is 5.73 Å². The third kappa shape index (κ3) is 3.60. The standard InChI is InChI=1S/C19H17FN4O2/c1-19(11-26-10-18(21)24-19)14-7-12(3-5-15(14)20)8-17(25)16-6-4-13(22-2)9-23-16/h3-7,9H,8,10-11H2,1H3,(H2,21,24)/t19-/m0/s1. The Balaban J connectivity index is 1.86. The lowest BCUT2D eigenvalue weighted by Gasteiger charge is -2.30. The van der Waals surface area contributed by atoms with Crippen molar-refractivity contribution in [2.45, 2.75) is 18.9 Å². The number of nitrogens with zero attached hydrogens (tertiary/aromatic N) is 3. The minimum Gasteiger partial charge on any atom is -0.386 e. The van der Waals surface area contributed by atoms with E-state index in [1.54, 1.807) is 25.1 Å². The van der Waals surface area contributed by atoms with E-state index in [1.165, 1.54) is 18.3 Å². The van der Waals surface area contributed by atoms with Crippen LogP contribution in [-0.2, 0) is 16.7 Å². The zero-order chi connectivity index (χ0) is 18.7. The molecule has 1 aliphatic heterocycles. The highest BCUT2D eigenvalue weighted by atomic mass is 19.1. The highest BCUT2D eigenvalue weighted by Gasteiger charge is 2.32. The number of aromatic nitrogens is 1. The van der Waals surface area contributed by atoms with Gasteiger partial charge < -0.3 is 10.5 Å². The summed E-state index contributed by atoms with van der Waals surface area (Å²) in [6.45, 7) is 9.09. The number of nitrogens with two attached hydrogens (primary N) is 1. The molecule has 2 aromatic rings. The zero-order valence-electron chi connectivity index (χ0n) is 14.2. The van der Waals surface area contributed by atoms with E-state index in [0.29, 0.717) is 22.6 Å². The molecule has 0 spiro atoms. The molecule has 1 atom stereocenters. The van der Waals surface area contributed by atoms with Gasteiger partial charge in [0, 0.05) is 18.2 Å². The van der Waals surface area contributed by atoms with E-state index in [1.807, 2.05) is 0 Å². The van der Waals surface area contributed by atoms with Gasteiger partial charge in [-0.05, 0) is 30.7 Å². The number of amidine groups is 1. The molecule has 0 unspecified atom stereocenters. The fraction of sp³-hybridized carbons (Fsp3) is 0.263. The molecular formula is C19H17FN4O2. The third-order valence-electron chi connectivity index (χ3n) is 4.16. The Bertz CT molecular complexity index is 918. The van der Waals surface area contributed by atoms with Crippen molar-refractivity contribution in [1.29, 1.82) is 0 Å². The van der Waals surface area contributed by atoms with Crippen LogP contribution in [0.3, 0.4) is 0 Å². The lowest BCUT2D eigenvalue weighted by atomic mass is 9.90. The smallest absolute Gasteiger partial charge is 0.205 e. The molecule has 7 heteroatoms. The summed E-state index contributed by atoms with van der Waals surface area (Å²) in [6, 6.07) is 7.55. The van der Waals surface area contributed by atoms with Crippen molar-refractivity contribution < 1.29 is 13.9 Å². The van der Waals surface area contributed by atoms with Crippen LogP contribution in [0.25, 0.3) is 4.85 Å². The SMILES string of the molecule is [C-]#[N+]c1ccc(C(=O)Cc2ccc(F)c([C@]3(C)COCC(N)=N3)c2)nc1. The number of aliphatic imine (C=N–C) groups is 1. The van der Waals surface area contributed by atoms with Crippen LogP contribution in [0, 0.1) is 12.4 Å². The molecule has 0 amide bonds. The second-order valence-electron chi connectivity index (χ2n) is 6.30. The fourth-order valence-electron chi connectivity index (χ4n) is 2.86. The molecule has 1 aromatic carbocycles. The van der Waals surface area contributed by atoms with Crippen LogP contribution >= 0.6 is 0 Å². The highest BCUT2D eigenvalue weighted by molar-refractivity contribution is 5.96. The van der Waals surface area contributed by atoms with E-state index in [2.05, 4.69) is 14.8 Å². The van der Waals surface area contributed by atoms with Crippen molar-refractivity contribution in [2.24, 2.45) is 10.7 Å². The minimum absolute atomic E-state index is 0.0633. The number of ether oxygens (including phenoxy) is 1. The molecule has 0 bridgehead atoms. The molecule has 6 nitrogen and oxygen atoms in total. The number of rotatable bonds is 4. The molecule has 3 rings (SSSR count).